The topological polar surface area (TPSA) is 141 Å². The van der Waals surface area contributed by atoms with Crippen LogP contribution in [-0.4, -0.2) is 135 Å². The SMILES string of the molecule is CC[C@H](C)[C@@H]([C@@H](CC(=O)N1CCCC1[C@H](OC)[C@@H](C)C(=O)NCC[C@H]1CC[C@]2(C)C3CCC4[C@H]5[C@H](C(C)C)CC[C@]5(CO)CC[C@@]4(C)[C@]3(C)CC[C@@]2(C)C1(C)C)OC)N(C)C(=O)[C@@H](NC(=O)[C@H](C(C)C)N(C)C)C(C)C. The normalized spacial score (nSPS) is 36.8. The molecule has 76 heavy (non-hydrogen) atoms. The first kappa shape index (κ1) is 62.9. The summed E-state index contributed by atoms with van der Waals surface area (Å²) in [7, 11) is 8.82. The maximum absolute atomic E-state index is 14.6. The van der Waals surface area contributed by atoms with Crippen molar-refractivity contribution in [1.82, 2.24) is 25.3 Å². The van der Waals surface area contributed by atoms with Crippen molar-refractivity contribution < 1.29 is 33.8 Å². The number of likely N-dealkylation sites (tertiary alicyclic amines) is 1. The van der Waals surface area contributed by atoms with Crippen molar-refractivity contribution in [1.29, 1.82) is 0 Å². The zero-order chi connectivity index (χ0) is 56.8. The number of ether oxygens (including phenoxy) is 2. The van der Waals surface area contributed by atoms with Crippen LogP contribution in [0.25, 0.3) is 0 Å². The predicted molar refractivity (Wildman–Crippen MR) is 307 cm³/mol. The van der Waals surface area contributed by atoms with Gasteiger partial charge in [-0.3, -0.25) is 24.1 Å². The van der Waals surface area contributed by atoms with Crippen LogP contribution in [0, 0.1) is 91.7 Å². The molecule has 1 heterocycles. The molecule has 12 heteroatoms. The van der Waals surface area contributed by atoms with Crippen LogP contribution >= 0.6 is 0 Å². The smallest absolute Gasteiger partial charge is 0.245 e. The van der Waals surface area contributed by atoms with Gasteiger partial charge in [0.2, 0.25) is 23.6 Å². The van der Waals surface area contributed by atoms with E-state index in [0.717, 1.165) is 31.6 Å². The van der Waals surface area contributed by atoms with E-state index in [4.69, 9.17) is 9.47 Å². The molecule has 6 aliphatic rings. The monoisotopic (exact) mass is 1070 g/mol. The van der Waals surface area contributed by atoms with Crippen molar-refractivity contribution in [3.63, 3.8) is 0 Å². The lowest BCUT2D eigenvalue weighted by atomic mass is 9.28. The quantitative estimate of drug-likeness (QED) is 0.0974. The molecule has 12 nitrogen and oxygen atoms in total. The minimum atomic E-state index is -0.746. The first-order chi connectivity index (χ1) is 35.4. The van der Waals surface area contributed by atoms with Gasteiger partial charge in [0.25, 0.3) is 0 Å². The first-order valence-corrected chi connectivity index (χ1v) is 30.9. The van der Waals surface area contributed by atoms with Crippen LogP contribution in [0.1, 0.15) is 200 Å². The lowest BCUT2D eigenvalue weighted by molar-refractivity contribution is -0.276. The Hall–Kier alpha value is -2.28. The number of carbonyl (C=O) groups excluding carboxylic acids is 4. The third-order valence-corrected chi connectivity index (χ3v) is 24.9. The Kier molecular flexibility index (Phi) is 19.9. The Morgan fingerprint density at radius 3 is 1.97 bits per heavy atom. The fraction of sp³-hybridized carbons (Fsp3) is 0.938. The van der Waals surface area contributed by atoms with E-state index >= 15 is 0 Å². The van der Waals surface area contributed by atoms with Crippen molar-refractivity contribution in [2.75, 3.05) is 55.1 Å². The van der Waals surface area contributed by atoms with Gasteiger partial charge in [-0.2, -0.15) is 0 Å². The van der Waals surface area contributed by atoms with E-state index in [1.165, 1.54) is 64.2 Å². The van der Waals surface area contributed by atoms with E-state index in [9.17, 15) is 24.3 Å². The Labute approximate surface area is 464 Å². The minimum absolute atomic E-state index is 0.000298. The number of rotatable bonds is 22. The van der Waals surface area contributed by atoms with Crippen LogP contribution in [0.5, 0.6) is 0 Å². The van der Waals surface area contributed by atoms with Crippen LogP contribution in [0.15, 0.2) is 0 Å². The number of nitrogens with zero attached hydrogens (tertiary/aromatic N) is 3. The van der Waals surface area contributed by atoms with E-state index in [1.807, 2.05) is 58.5 Å². The molecule has 0 bridgehead atoms. The van der Waals surface area contributed by atoms with E-state index < -0.39 is 30.2 Å². The molecule has 3 unspecified atom stereocenters. The Morgan fingerprint density at radius 2 is 1.41 bits per heavy atom. The summed E-state index contributed by atoms with van der Waals surface area (Å²) in [5.74, 6) is 2.83. The molecule has 1 aliphatic heterocycles. The van der Waals surface area contributed by atoms with Crippen molar-refractivity contribution in [3.8, 4) is 0 Å². The largest absolute Gasteiger partial charge is 0.396 e. The first-order valence-electron chi connectivity index (χ1n) is 30.9. The second-order valence-corrected chi connectivity index (χ2v) is 29.3. The minimum Gasteiger partial charge on any atom is -0.396 e. The molecule has 0 aromatic carbocycles. The summed E-state index contributed by atoms with van der Waals surface area (Å²) in [6, 6.07) is -1.83. The average molecular weight is 1070 g/mol. The fourth-order valence-corrected chi connectivity index (χ4v) is 19.5. The molecule has 4 amide bonds. The van der Waals surface area contributed by atoms with E-state index in [2.05, 4.69) is 79.9 Å². The number of aliphatic hydroxyl groups excluding tert-OH is 1. The average Bonchev–Trinajstić information content (AvgIpc) is 4.01. The Bertz CT molecular complexity index is 2000. The van der Waals surface area contributed by atoms with Crippen molar-refractivity contribution in [2.24, 2.45) is 91.7 Å². The molecule has 0 aromatic rings. The molecule has 18 atom stereocenters. The van der Waals surface area contributed by atoms with Gasteiger partial charge in [0.1, 0.15) is 6.04 Å². The summed E-state index contributed by atoms with van der Waals surface area (Å²) in [6.07, 6.45) is 14.8. The molecule has 438 valence electrons. The molecular weight excluding hydrogens is 951 g/mol. The molecule has 0 radical (unpaired) electrons. The summed E-state index contributed by atoms with van der Waals surface area (Å²) in [4.78, 5) is 62.4. The van der Waals surface area contributed by atoms with Gasteiger partial charge in [0.05, 0.1) is 42.7 Å². The van der Waals surface area contributed by atoms with Crippen LogP contribution in [0.2, 0.25) is 0 Å². The fourth-order valence-electron chi connectivity index (χ4n) is 19.5. The van der Waals surface area contributed by atoms with Gasteiger partial charge in [-0.1, -0.05) is 110 Å². The summed E-state index contributed by atoms with van der Waals surface area (Å²) in [5.41, 5.74) is 1.18. The predicted octanol–water partition coefficient (Wildman–Crippen LogP) is 10.9. The number of hydrogen-bond donors (Lipinski definition) is 3. The maximum atomic E-state index is 14.6. The second kappa shape index (κ2) is 24.0. The van der Waals surface area contributed by atoms with E-state index in [0.29, 0.717) is 49.3 Å². The highest BCUT2D eigenvalue weighted by Crippen LogP contribution is 2.80. The molecular formula is C64H115N5O7. The Balaban J connectivity index is 1.09. The lowest BCUT2D eigenvalue weighted by Crippen LogP contribution is -2.69. The summed E-state index contributed by atoms with van der Waals surface area (Å²) >= 11 is 0. The zero-order valence-electron chi connectivity index (χ0n) is 52.2. The number of likely N-dealkylation sites (N-methyl/N-ethyl adjacent to an activating group) is 2. The second-order valence-electron chi connectivity index (χ2n) is 29.3. The molecule has 6 fully saturated rings. The Morgan fingerprint density at radius 1 is 0.750 bits per heavy atom. The highest BCUT2D eigenvalue weighted by Gasteiger charge is 2.73. The molecule has 0 spiro atoms. The lowest BCUT2D eigenvalue weighted by Gasteiger charge is -2.76. The number of hydrogen-bond acceptors (Lipinski definition) is 8. The zero-order valence-corrected chi connectivity index (χ0v) is 52.2. The summed E-state index contributed by atoms with van der Waals surface area (Å²) in [6.45, 7) is 36.4. The van der Waals surface area contributed by atoms with Crippen LogP contribution in [0.3, 0.4) is 0 Å². The number of carbonyl (C=O) groups is 4. The third-order valence-electron chi connectivity index (χ3n) is 24.9. The highest BCUT2D eigenvalue weighted by molar-refractivity contribution is 5.90. The van der Waals surface area contributed by atoms with Gasteiger partial charge in [-0.15, -0.1) is 0 Å². The maximum Gasteiger partial charge on any atom is 0.245 e. The van der Waals surface area contributed by atoms with E-state index in [1.54, 1.807) is 26.2 Å². The molecule has 6 rings (SSSR count). The van der Waals surface area contributed by atoms with Gasteiger partial charge in [-0.25, -0.2) is 0 Å². The van der Waals surface area contributed by atoms with Crippen LogP contribution < -0.4 is 10.6 Å². The number of methoxy groups -OCH3 is 2. The van der Waals surface area contributed by atoms with Crippen LogP contribution in [-0.2, 0) is 28.7 Å². The van der Waals surface area contributed by atoms with Crippen molar-refractivity contribution in [3.05, 3.63) is 0 Å². The molecule has 5 aliphatic carbocycles. The van der Waals surface area contributed by atoms with Gasteiger partial charge in [0, 0.05) is 41.0 Å². The number of amides is 4. The van der Waals surface area contributed by atoms with Gasteiger partial charge in [0.15, 0.2) is 0 Å². The standard InChI is InChI=1S/C64H115N5O7/c1-21-42(8)54(68(18)58(74)52(40(4)5)66-57(73)53(41(6)7)67(16)17)48(75-19)37-50(71)69-36-22-23-47(69)55(76-20)43(9)56(72)65-35-28-44-26-29-62(14)49-25-24-46-51-45(39(2)3)27-30-64(51,38-70)34-32-60(46,12)61(49,13)31-33-63(62,15)59(44,10)11/h39-49,51-55,70H,21-38H2,1-20H3,(H,65,72)(H,66,73)/t42-,43+,44+,45-,46?,47?,48+,49?,51+,52-,53-,54-,55+,60+,61+,62+,63-,64+/m0/s1. The molecule has 5 saturated carbocycles. The number of nitrogens with one attached hydrogen (secondary N) is 2. The molecule has 3 N–H and O–H groups in total. The van der Waals surface area contributed by atoms with Crippen LogP contribution in [0.4, 0.5) is 0 Å². The number of aliphatic hydroxyl groups is 1. The summed E-state index contributed by atoms with van der Waals surface area (Å²) < 4.78 is 12.4. The van der Waals surface area contributed by atoms with Gasteiger partial charge >= 0.3 is 0 Å². The molecule has 0 aromatic heterocycles. The number of fused-ring (bicyclic) bond motifs is 7. The third kappa shape index (κ3) is 10.7. The summed E-state index contributed by atoms with van der Waals surface area (Å²) in [5, 5.41) is 17.5. The van der Waals surface area contributed by atoms with Gasteiger partial charge < -0.3 is 35.0 Å². The van der Waals surface area contributed by atoms with Gasteiger partial charge in [-0.05, 0) is 183 Å². The van der Waals surface area contributed by atoms with Crippen molar-refractivity contribution >= 4 is 23.6 Å². The highest BCUT2D eigenvalue weighted by atomic mass is 16.5. The van der Waals surface area contributed by atoms with Crippen molar-refractivity contribution in [2.45, 2.75) is 237 Å². The van der Waals surface area contributed by atoms with E-state index in [-0.39, 0.29) is 92.4 Å². The molecule has 1 saturated heterocycles.